The predicted octanol–water partition coefficient (Wildman–Crippen LogP) is 3.15. The van der Waals surface area contributed by atoms with E-state index in [-0.39, 0.29) is 5.78 Å². The van der Waals surface area contributed by atoms with Crippen molar-refractivity contribution < 1.29 is 19.5 Å². The van der Waals surface area contributed by atoms with E-state index < -0.39 is 11.2 Å². The van der Waals surface area contributed by atoms with E-state index in [4.69, 9.17) is 15.3 Å². The van der Waals surface area contributed by atoms with Crippen LogP contribution < -0.4 is 10.5 Å². The Morgan fingerprint density at radius 1 is 1.24 bits per heavy atom. The first-order valence-corrected chi connectivity index (χ1v) is 10.3. The molecule has 0 spiro atoms. The van der Waals surface area contributed by atoms with Crippen molar-refractivity contribution in [2.75, 3.05) is 13.1 Å². The number of aromatic hydroxyl groups is 1. The molecule has 3 N–H and O–H groups in total. The molecule has 0 aromatic heterocycles. The van der Waals surface area contributed by atoms with Crippen LogP contribution in [0.3, 0.4) is 0 Å². The average Bonchev–Trinajstić information content (AvgIpc) is 2.67. The molecule has 4 rings (SSSR count). The van der Waals surface area contributed by atoms with Crippen LogP contribution >= 0.6 is 0 Å². The van der Waals surface area contributed by atoms with Crippen LogP contribution in [0.1, 0.15) is 48.4 Å². The van der Waals surface area contributed by atoms with Gasteiger partial charge in [-0.3, -0.25) is 9.63 Å². The monoisotopic (exact) mass is 398 g/mol. The highest BCUT2D eigenvalue weighted by molar-refractivity contribution is 5.97. The van der Waals surface area contributed by atoms with Gasteiger partial charge in [0.1, 0.15) is 11.5 Å². The van der Waals surface area contributed by atoms with Crippen LogP contribution in [-0.4, -0.2) is 40.2 Å². The first-order chi connectivity index (χ1) is 13.7. The summed E-state index contributed by atoms with van der Waals surface area (Å²) in [5.41, 5.74) is 8.00. The van der Waals surface area contributed by atoms with E-state index in [9.17, 15) is 9.90 Å². The second kappa shape index (κ2) is 6.89. The fourth-order valence-corrected chi connectivity index (χ4v) is 4.47. The Balaban J connectivity index is 1.71. The number of benzene rings is 1. The standard InChI is InChI=1S/C23H30N2O4/c1-14-15(2)20-18(16(3)19(14)26)8-10-22(4,28-20)21(27)23(29-25-11-6-12-25)9-5-7-17(24)13-23/h5,7,9,26H,6,8,10-13,24H2,1-4H3. The number of allylic oxidation sites excluding steroid dienone is 2. The zero-order valence-corrected chi connectivity index (χ0v) is 17.7. The molecule has 0 amide bonds. The third-order valence-electron chi connectivity index (χ3n) is 6.63. The van der Waals surface area contributed by atoms with Gasteiger partial charge in [-0.1, -0.05) is 6.08 Å². The van der Waals surface area contributed by atoms with Gasteiger partial charge in [0.05, 0.1) is 0 Å². The summed E-state index contributed by atoms with van der Waals surface area (Å²) < 4.78 is 6.42. The number of nitrogens with zero attached hydrogens (tertiary/aromatic N) is 1. The summed E-state index contributed by atoms with van der Waals surface area (Å²) in [4.78, 5) is 20.1. The summed E-state index contributed by atoms with van der Waals surface area (Å²) in [6.45, 7) is 9.17. The number of phenols is 1. The highest BCUT2D eigenvalue weighted by Gasteiger charge is 2.53. The fraction of sp³-hybridized carbons (Fsp3) is 0.522. The maximum atomic E-state index is 13.9. The van der Waals surface area contributed by atoms with Crippen molar-refractivity contribution in [3.05, 3.63) is 46.2 Å². The van der Waals surface area contributed by atoms with Crippen LogP contribution in [0.4, 0.5) is 0 Å². The lowest BCUT2D eigenvalue weighted by Crippen LogP contribution is -2.60. The van der Waals surface area contributed by atoms with Gasteiger partial charge in [-0.15, -0.1) is 0 Å². The number of nitrogens with two attached hydrogens (primary N) is 1. The number of carbonyl (C=O) groups excluding carboxylic acids is 1. The van der Waals surface area contributed by atoms with Crippen LogP contribution in [-0.2, 0) is 16.1 Å². The fourth-order valence-electron chi connectivity index (χ4n) is 4.47. The van der Waals surface area contributed by atoms with Crippen molar-refractivity contribution in [3.63, 3.8) is 0 Å². The second-order valence-electron chi connectivity index (χ2n) is 8.73. The summed E-state index contributed by atoms with van der Waals surface area (Å²) in [6, 6.07) is 0. The average molecular weight is 399 g/mol. The number of fused-ring (bicyclic) bond motifs is 1. The Kier molecular flexibility index (Phi) is 4.74. The van der Waals surface area contributed by atoms with Crippen molar-refractivity contribution in [2.24, 2.45) is 5.73 Å². The van der Waals surface area contributed by atoms with Gasteiger partial charge in [-0.25, -0.2) is 0 Å². The summed E-state index contributed by atoms with van der Waals surface area (Å²) >= 11 is 0. The minimum atomic E-state index is -1.15. The molecule has 2 heterocycles. The quantitative estimate of drug-likeness (QED) is 0.810. The molecule has 1 saturated heterocycles. The predicted molar refractivity (Wildman–Crippen MR) is 111 cm³/mol. The molecule has 2 aliphatic heterocycles. The zero-order chi connectivity index (χ0) is 21.0. The highest BCUT2D eigenvalue weighted by atomic mass is 16.7. The molecule has 3 aliphatic rings. The van der Waals surface area contributed by atoms with Crippen molar-refractivity contribution in [1.82, 2.24) is 5.06 Å². The first-order valence-electron chi connectivity index (χ1n) is 10.3. The number of hydroxylamine groups is 2. The molecule has 1 aromatic carbocycles. The number of phenolic OH excluding ortho intramolecular Hbond substituents is 1. The largest absolute Gasteiger partial charge is 0.507 e. The molecule has 2 atom stereocenters. The number of hydrogen-bond donors (Lipinski definition) is 2. The molecule has 6 nitrogen and oxygen atoms in total. The smallest absolute Gasteiger partial charge is 0.214 e. The van der Waals surface area contributed by atoms with Crippen LogP contribution in [0.25, 0.3) is 0 Å². The zero-order valence-electron chi connectivity index (χ0n) is 17.7. The molecule has 6 heteroatoms. The second-order valence-corrected chi connectivity index (χ2v) is 8.73. The van der Waals surface area contributed by atoms with Crippen molar-refractivity contribution >= 4 is 5.78 Å². The van der Waals surface area contributed by atoms with Crippen LogP contribution in [0.15, 0.2) is 23.9 Å². The van der Waals surface area contributed by atoms with Gasteiger partial charge in [0.2, 0.25) is 5.78 Å². The number of hydrogen-bond acceptors (Lipinski definition) is 6. The Hall–Kier alpha value is -2.31. The van der Waals surface area contributed by atoms with E-state index in [0.717, 1.165) is 41.8 Å². The normalized spacial score (nSPS) is 28.9. The van der Waals surface area contributed by atoms with Gasteiger partial charge < -0.3 is 15.6 Å². The molecule has 29 heavy (non-hydrogen) atoms. The van der Waals surface area contributed by atoms with E-state index in [1.165, 1.54) is 0 Å². The van der Waals surface area contributed by atoms with Crippen LogP contribution in [0.2, 0.25) is 0 Å². The van der Waals surface area contributed by atoms with Crippen molar-refractivity contribution in [3.8, 4) is 11.5 Å². The molecule has 0 saturated carbocycles. The maximum absolute atomic E-state index is 13.9. The molecule has 156 valence electrons. The molecule has 2 unspecified atom stereocenters. The van der Waals surface area contributed by atoms with E-state index in [0.29, 0.717) is 36.5 Å². The molecular formula is C23H30N2O4. The van der Waals surface area contributed by atoms with E-state index >= 15 is 0 Å². The number of ketones is 1. The molecule has 0 radical (unpaired) electrons. The summed E-state index contributed by atoms with van der Waals surface area (Å²) in [6.07, 6.45) is 7.97. The van der Waals surface area contributed by atoms with Crippen LogP contribution in [0.5, 0.6) is 11.5 Å². The van der Waals surface area contributed by atoms with E-state index in [1.807, 2.05) is 44.9 Å². The van der Waals surface area contributed by atoms with Gasteiger partial charge in [0.25, 0.3) is 0 Å². The Morgan fingerprint density at radius 3 is 2.59 bits per heavy atom. The summed E-state index contributed by atoms with van der Waals surface area (Å²) in [7, 11) is 0. The van der Waals surface area contributed by atoms with Gasteiger partial charge in [-0.05, 0) is 75.8 Å². The summed E-state index contributed by atoms with van der Waals surface area (Å²) in [5, 5.41) is 12.2. The molecule has 0 bridgehead atoms. The van der Waals surface area contributed by atoms with Crippen LogP contribution in [0, 0.1) is 20.8 Å². The lowest BCUT2D eigenvalue weighted by molar-refractivity contribution is -0.256. The maximum Gasteiger partial charge on any atom is 0.214 e. The number of Topliss-reactive ketones (excluding diaryl/α,β-unsaturated/α-hetero) is 1. The number of rotatable bonds is 4. The van der Waals surface area contributed by atoms with Crippen molar-refractivity contribution in [1.29, 1.82) is 0 Å². The minimum absolute atomic E-state index is 0.113. The Morgan fingerprint density at radius 2 is 1.97 bits per heavy atom. The topological polar surface area (TPSA) is 85.0 Å². The third-order valence-corrected chi connectivity index (χ3v) is 6.63. The lowest BCUT2D eigenvalue weighted by atomic mass is 9.76. The van der Waals surface area contributed by atoms with Gasteiger partial charge in [0, 0.05) is 30.8 Å². The molecule has 1 fully saturated rings. The Labute approximate surface area is 171 Å². The van der Waals surface area contributed by atoms with Gasteiger partial charge >= 0.3 is 0 Å². The van der Waals surface area contributed by atoms with E-state index in [2.05, 4.69) is 0 Å². The highest BCUT2D eigenvalue weighted by Crippen LogP contribution is 2.45. The first kappa shape index (κ1) is 20.0. The number of carbonyl (C=O) groups is 1. The SMILES string of the molecule is Cc1c(C)c2c(c(C)c1O)CCC(C)(C(=O)C1(ON3CCC3)C=CC=C(N)C1)O2. The van der Waals surface area contributed by atoms with Gasteiger partial charge in [0.15, 0.2) is 11.2 Å². The molecule has 1 aromatic rings. The van der Waals surface area contributed by atoms with E-state index in [1.54, 1.807) is 6.08 Å². The molecule has 1 aliphatic carbocycles. The number of ether oxygens (including phenoxy) is 1. The minimum Gasteiger partial charge on any atom is -0.507 e. The molecular weight excluding hydrogens is 368 g/mol. The van der Waals surface area contributed by atoms with Gasteiger partial charge in [-0.2, -0.15) is 5.06 Å². The lowest BCUT2D eigenvalue weighted by Gasteiger charge is -2.45. The Bertz CT molecular complexity index is 932. The van der Waals surface area contributed by atoms with Crippen molar-refractivity contribution in [2.45, 2.75) is 64.6 Å². The summed E-state index contributed by atoms with van der Waals surface area (Å²) in [5.74, 6) is 0.908. The third kappa shape index (κ3) is 3.15.